The van der Waals surface area contributed by atoms with E-state index in [1.54, 1.807) is 6.07 Å². The van der Waals surface area contributed by atoms with Crippen molar-refractivity contribution in [2.24, 2.45) is 0 Å². The Morgan fingerprint density at radius 1 is 1.12 bits per heavy atom. The summed E-state index contributed by atoms with van der Waals surface area (Å²) in [4.78, 5) is 30.3. The smallest absolute Gasteiger partial charge is 0.347 e. The first-order valence-corrected chi connectivity index (χ1v) is 7.62. The molecular formula is C18H13N3O4. The lowest BCUT2D eigenvalue weighted by atomic mass is 10.1. The van der Waals surface area contributed by atoms with E-state index in [0.29, 0.717) is 16.8 Å². The van der Waals surface area contributed by atoms with Gasteiger partial charge in [0.15, 0.2) is 0 Å². The van der Waals surface area contributed by atoms with Crippen LogP contribution in [0.25, 0.3) is 33.4 Å². The van der Waals surface area contributed by atoms with E-state index in [9.17, 15) is 14.9 Å². The van der Waals surface area contributed by atoms with Gasteiger partial charge in [0.05, 0.1) is 16.0 Å². The minimum atomic E-state index is -0.547. The van der Waals surface area contributed by atoms with Crippen LogP contribution in [0.1, 0.15) is 11.1 Å². The number of nitrogens with one attached hydrogen (secondary N) is 1. The molecule has 4 aromatic rings. The Morgan fingerprint density at radius 3 is 2.64 bits per heavy atom. The number of nitrogens with zero attached hydrogens (tertiary/aromatic N) is 2. The van der Waals surface area contributed by atoms with Gasteiger partial charge in [-0.05, 0) is 49.2 Å². The molecule has 7 heteroatoms. The van der Waals surface area contributed by atoms with E-state index in [2.05, 4.69) is 9.97 Å². The first kappa shape index (κ1) is 15.1. The number of fused-ring (bicyclic) bond motifs is 2. The van der Waals surface area contributed by atoms with Crippen LogP contribution in [0.2, 0.25) is 0 Å². The van der Waals surface area contributed by atoms with E-state index in [0.717, 1.165) is 22.2 Å². The molecular weight excluding hydrogens is 322 g/mol. The average Bonchev–Trinajstić information content (AvgIpc) is 2.96. The monoisotopic (exact) mass is 335 g/mol. The molecule has 0 saturated carbocycles. The minimum Gasteiger partial charge on any atom is -0.422 e. The second-order valence-corrected chi connectivity index (χ2v) is 5.97. The summed E-state index contributed by atoms with van der Waals surface area (Å²) in [7, 11) is 0. The first-order valence-electron chi connectivity index (χ1n) is 7.62. The molecule has 0 amide bonds. The van der Waals surface area contributed by atoms with Crippen LogP contribution in [0.4, 0.5) is 5.69 Å². The average molecular weight is 335 g/mol. The standard InChI is InChI=1S/C18H13N3O4/c1-9-5-14-15(6-10(9)2)20-17(19-14)13-8-11-7-12(21(23)24)3-4-16(11)25-18(13)22/h3-8H,1-2H3,(H,19,20). The molecule has 0 fully saturated rings. The van der Waals surface area contributed by atoms with Gasteiger partial charge in [0, 0.05) is 17.5 Å². The van der Waals surface area contributed by atoms with Gasteiger partial charge in [-0.1, -0.05) is 0 Å². The number of hydrogen-bond donors (Lipinski definition) is 1. The van der Waals surface area contributed by atoms with Crippen molar-refractivity contribution < 1.29 is 9.34 Å². The molecule has 0 unspecified atom stereocenters. The molecule has 0 saturated heterocycles. The van der Waals surface area contributed by atoms with Crippen LogP contribution in [0.15, 0.2) is 45.6 Å². The third kappa shape index (κ3) is 2.46. The maximum Gasteiger partial charge on any atom is 0.347 e. The number of nitro groups is 1. The van der Waals surface area contributed by atoms with Crippen molar-refractivity contribution >= 4 is 27.7 Å². The Hall–Kier alpha value is -3.48. The molecule has 2 aromatic heterocycles. The number of aryl methyl sites for hydroxylation is 2. The number of nitro benzene ring substituents is 1. The Labute approximate surface area is 141 Å². The van der Waals surface area contributed by atoms with E-state index < -0.39 is 10.5 Å². The summed E-state index contributed by atoms with van der Waals surface area (Å²) in [5, 5.41) is 11.4. The molecule has 0 bridgehead atoms. The van der Waals surface area contributed by atoms with E-state index in [1.165, 1.54) is 18.2 Å². The second-order valence-electron chi connectivity index (χ2n) is 5.97. The quantitative estimate of drug-likeness (QED) is 0.340. The zero-order valence-corrected chi connectivity index (χ0v) is 13.5. The van der Waals surface area contributed by atoms with Crippen molar-refractivity contribution in [2.45, 2.75) is 13.8 Å². The third-order valence-corrected chi connectivity index (χ3v) is 4.28. The molecule has 0 aliphatic rings. The van der Waals surface area contributed by atoms with Crippen molar-refractivity contribution in [1.82, 2.24) is 9.97 Å². The summed E-state index contributed by atoms with van der Waals surface area (Å²) in [6.07, 6.45) is 0. The number of rotatable bonds is 2. The molecule has 0 aliphatic heterocycles. The lowest BCUT2D eigenvalue weighted by Crippen LogP contribution is -2.03. The molecule has 0 atom stereocenters. The highest BCUT2D eigenvalue weighted by molar-refractivity contribution is 5.85. The number of imidazole rings is 1. The number of benzene rings is 2. The maximum absolute atomic E-state index is 12.3. The van der Waals surface area contributed by atoms with Crippen molar-refractivity contribution in [1.29, 1.82) is 0 Å². The normalized spacial score (nSPS) is 11.3. The van der Waals surface area contributed by atoms with Crippen LogP contribution in [0, 0.1) is 24.0 Å². The van der Waals surface area contributed by atoms with Gasteiger partial charge in [0.25, 0.3) is 5.69 Å². The second kappa shape index (κ2) is 5.27. The maximum atomic E-state index is 12.3. The zero-order valence-electron chi connectivity index (χ0n) is 13.5. The van der Waals surface area contributed by atoms with Crippen LogP contribution in [-0.4, -0.2) is 14.9 Å². The highest BCUT2D eigenvalue weighted by Gasteiger charge is 2.15. The van der Waals surface area contributed by atoms with E-state index >= 15 is 0 Å². The zero-order chi connectivity index (χ0) is 17.7. The van der Waals surface area contributed by atoms with E-state index in [4.69, 9.17) is 4.42 Å². The van der Waals surface area contributed by atoms with Gasteiger partial charge in [0.1, 0.15) is 17.0 Å². The van der Waals surface area contributed by atoms with E-state index in [1.807, 2.05) is 26.0 Å². The number of non-ortho nitro benzene ring substituents is 1. The largest absolute Gasteiger partial charge is 0.422 e. The van der Waals surface area contributed by atoms with Crippen LogP contribution < -0.4 is 5.63 Å². The molecule has 1 N–H and O–H groups in total. The molecule has 25 heavy (non-hydrogen) atoms. The van der Waals surface area contributed by atoms with Gasteiger partial charge in [-0.15, -0.1) is 0 Å². The van der Waals surface area contributed by atoms with Crippen molar-refractivity contribution in [3.63, 3.8) is 0 Å². The van der Waals surface area contributed by atoms with Gasteiger partial charge in [-0.25, -0.2) is 9.78 Å². The summed E-state index contributed by atoms with van der Waals surface area (Å²) >= 11 is 0. The topological polar surface area (TPSA) is 102 Å². The third-order valence-electron chi connectivity index (χ3n) is 4.28. The molecule has 0 radical (unpaired) electrons. The van der Waals surface area contributed by atoms with Crippen LogP contribution in [0.3, 0.4) is 0 Å². The van der Waals surface area contributed by atoms with Gasteiger partial charge >= 0.3 is 5.63 Å². The fourth-order valence-corrected chi connectivity index (χ4v) is 2.79. The molecule has 7 nitrogen and oxygen atoms in total. The Morgan fingerprint density at radius 2 is 1.88 bits per heavy atom. The summed E-state index contributed by atoms with van der Waals surface area (Å²) < 4.78 is 5.29. The molecule has 0 spiro atoms. The molecule has 2 heterocycles. The SMILES string of the molecule is Cc1cc2nc(-c3cc4cc([N+](=O)[O-])ccc4oc3=O)[nH]c2cc1C. The highest BCUT2D eigenvalue weighted by atomic mass is 16.6. The predicted octanol–water partition coefficient (Wildman–Crippen LogP) is 3.86. The lowest BCUT2D eigenvalue weighted by molar-refractivity contribution is -0.384. The summed E-state index contributed by atoms with van der Waals surface area (Å²) in [6.45, 7) is 3.99. The number of hydrogen-bond acceptors (Lipinski definition) is 5. The van der Waals surface area contributed by atoms with Gasteiger partial charge < -0.3 is 9.40 Å². The highest BCUT2D eigenvalue weighted by Crippen LogP contribution is 2.25. The fourth-order valence-electron chi connectivity index (χ4n) is 2.79. The van der Waals surface area contributed by atoms with Crippen LogP contribution >= 0.6 is 0 Å². The van der Waals surface area contributed by atoms with Crippen molar-refractivity contribution in [2.75, 3.05) is 0 Å². The summed E-state index contributed by atoms with van der Waals surface area (Å²) in [5.41, 5.74) is 3.70. The van der Waals surface area contributed by atoms with Gasteiger partial charge in [-0.2, -0.15) is 0 Å². The van der Waals surface area contributed by atoms with Crippen LogP contribution in [-0.2, 0) is 0 Å². The number of H-pyrrole nitrogens is 1. The van der Waals surface area contributed by atoms with Gasteiger partial charge in [0.2, 0.25) is 0 Å². The first-order chi connectivity index (χ1) is 11.9. The summed E-state index contributed by atoms with van der Waals surface area (Å²) in [5.74, 6) is 0.377. The molecule has 124 valence electrons. The minimum absolute atomic E-state index is 0.0665. The van der Waals surface area contributed by atoms with Crippen LogP contribution in [0.5, 0.6) is 0 Å². The Bertz CT molecular complexity index is 1180. The van der Waals surface area contributed by atoms with Crippen molar-refractivity contribution in [3.8, 4) is 11.4 Å². The Balaban J connectivity index is 1.94. The van der Waals surface area contributed by atoms with E-state index in [-0.39, 0.29) is 11.3 Å². The fraction of sp³-hybridized carbons (Fsp3) is 0.111. The predicted molar refractivity (Wildman–Crippen MR) is 93.7 cm³/mol. The lowest BCUT2D eigenvalue weighted by Gasteiger charge is -2.00. The van der Waals surface area contributed by atoms with Gasteiger partial charge in [-0.3, -0.25) is 10.1 Å². The van der Waals surface area contributed by atoms with Crippen molar-refractivity contribution in [3.05, 3.63) is 68.1 Å². The molecule has 2 aromatic carbocycles. The number of aromatic amines is 1. The molecule has 0 aliphatic carbocycles. The summed E-state index contributed by atoms with van der Waals surface area (Å²) in [6, 6.07) is 9.57. The Kier molecular flexibility index (Phi) is 3.18. The number of aromatic nitrogens is 2. The molecule has 4 rings (SSSR count).